The van der Waals surface area contributed by atoms with E-state index in [2.05, 4.69) is 5.32 Å². The summed E-state index contributed by atoms with van der Waals surface area (Å²) in [5.74, 6) is -0.408. The predicted octanol–water partition coefficient (Wildman–Crippen LogP) is 2.59. The Balaban J connectivity index is 1.66. The molecule has 0 atom stereocenters. The van der Waals surface area contributed by atoms with Gasteiger partial charge in [-0.05, 0) is 56.0 Å². The van der Waals surface area contributed by atoms with Crippen molar-refractivity contribution in [2.45, 2.75) is 37.6 Å². The quantitative estimate of drug-likeness (QED) is 0.843. The summed E-state index contributed by atoms with van der Waals surface area (Å²) < 4.78 is 27.4. The molecule has 1 heterocycles. The minimum absolute atomic E-state index is 0.0649. The molecule has 3 rings (SSSR count). The first-order valence-corrected chi connectivity index (χ1v) is 10.4. The topological polar surface area (TPSA) is 86.7 Å². The van der Waals surface area contributed by atoms with Crippen LogP contribution < -0.4 is 5.32 Å². The van der Waals surface area contributed by atoms with Crippen LogP contribution in [0.1, 0.15) is 34.3 Å². The number of hydrogen-bond donors (Lipinski definition) is 2. The number of aryl methyl sites for hydroxylation is 2. The second-order valence-electron chi connectivity index (χ2n) is 6.94. The van der Waals surface area contributed by atoms with Gasteiger partial charge in [0, 0.05) is 19.1 Å². The number of sulfonamides is 1. The fourth-order valence-electron chi connectivity index (χ4n) is 3.29. The van der Waals surface area contributed by atoms with Crippen molar-refractivity contribution < 1.29 is 18.3 Å². The van der Waals surface area contributed by atoms with Crippen LogP contribution in [-0.2, 0) is 10.0 Å². The lowest BCUT2D eigenvalue weighted by Crippen LogP contribution is -2.46. The number of phenolic OH excluding ortho intramolecular Hbond substituents is 1. The first kappa shape index (κ1) is 19.4. The van der Waals surface area contributed by atoms with Gasteiger partial charge in [0.1, 0.15) is 5.75 Å². The molecule has 0 aromatic heterocycles. The largest absolute Gasteiger partial charge is 0.507 e. The van der Waals surface area contributed by atoms with Crippen LogP contribution in [0.25, 0.3) is 0 Å². The summed E-state index contributed by atoms with van der Waals surface area (Å²) in [5.41, 5.74) is 1.86. The molecule has 2 aromatic carbocycles. The third kappa shape index (κ3) is 4.14. The molecule has 1 amide bonds. The molecule has 1 aliphatic rings. The predicted molar refractivity (Wildman–Crippen MR) is 103 cm³/mol. The molecule has 0 aliphatic carbocycles. The van der Waals surface area contributed by atoms with Gasteiger partial charge >= 0.3 is 0 Å². The Morgan fingerprint density at radius 1 is 1.11 bits per heavy atom. The number of hydrogen-bond acceptors (Lipinski definition) is 4. The number of para-hydroxylation sites is 1. The molecule has 2 N–H and O–H groups in total. The molecule has 0 radical (unpaired) electrons. The van der Waals surface area contributed by atoms with Gasteiger partial charge < -0.3 is 10.4 Å². The van der Waals surface area contributed by atoms with Gasteiger partial charge in [0.15, 0.2) is 0 Å². The third-order valence-corrected chi connectivity index (χ3v) is 6.94. The summed E-state index contributed by atoms with van der Waals surface area (Å²) in [5, 5.41) is 12.7. The molecule has 144 valence electrons. The van der Waals surface area contributed by atoms with Gasteiger partial charge in [-0.2, -0.15) is 4.31 Å². The van der Waals surface area contributed by atoms with Crippen LogP contribution in [0.3, 0.4) is 0 Å². The average molecular weight is 388 g/mol. The van der Waals surface area contributed by atoms with Crippen molar-refractivity contribution in [3.63, 3.8) is 0 Å². The van der Waals surface area contributed by atoms with Gasteiger partial charge in [-0.25, -0.2) is 8.42 Å². The maximum absolute atomic E-state index is 13.0. The second kappa shape index (κ2) is 7.70. The smallest absolute Gasteiger partial charge is 0.255 e. The Morgan fingerprint density at radius 3 is 2.44 bits per heavy atom. The summed E-state index contributed by atoms with van der Waals surface area (Å²) in [4.78, 5) is 12.7. The lowest BCUT2D eigenvalue weighted by molar-refractivity contribution is 0.0921. The van der Waals surface area contributed by atoms with Crippen LogP contribution >= 0.6 is 0 Å². The minimum Gasteiger partial charge on any atom is -0.507 e. The van der Waals surface area contributed by atoms with Gasteiger partial charge in [0.05, 0.1) is 10.5 Å². The van der Waals surface area contributed by atoms with Crippen LogP contribution in [0, 0.1) is 13.8 Å². The molecule has 0 bridgehead atoms. The Kier molecular flexibility index (Phi) is 5.53. The van der Waals surface area contributed by atoms with E-state index < -0.39 is 10.0 Å². The van der Waals surface area contributed by atoms with E-state index in [0.717, 1.165) is 11.1 Å². The van der Waals surface area contributed by atoms with E-state index >= 15 is 0 Å². The van der Waals surface area contributed by atoms with E-state index in [4.69, 9.17) is 0 Å². The van der Waals surface area contributed by atoms with Crippen molar-refractivity contribution in [2.75, 3.05) is 13.1 Å². The van der Waals surface area contributed by atoms with Crippen molar-refractivity contribution in [1.82, 2.24) is 9.62 Å². The number of carbonyl (C=O) groups excluding carboxylic acids is 1. The molecule has 6 nitrogen and oxygen atoms in total. The standard InChI is InChI=1S/C20H24N2O4S/c1-14-7-8-15(2)19(13-14)27(25,26)22-11-9-16(10-12-22)21-20(24)17-5-3-4-6-18(17)23/h3-8,13,16,23H,9-12H2,1-2H3,(H,21,24). The fourth-order valence-corrected chi connectivity index (χ4v) is 5.07. The number of phenols is 1. The van der Waals surface area contributed by atoms with E-state index in [1.54, 1.807) is 31.2 Å². The normalized spacial score (nSPS) is 16.2. The minimum atomic E-state index is -3.55. The Labute approximate surface area is 159 Å². The molecule has 2 aromatic rings. The Bertz CT molecular complexity index is 948. The first-order chi connectivity index (χ1) is 12.8. The molecule has 27 heavy (non-hydrogen) atoms. The summed E-state index contributed by atoms with van der Waals surface area (Å²) >= 11 is 0. The summed E-state index contributed by atoms with van der Waals surface area (Å²) in [6, 6.07) is 11.7. The van der Waals surface area contributed by atoms with Crippen molar-refractivity contribution in [1.29, 1.82) is 0 Å². The number of nitrogens with one attached hydrogen (secondary N) is 1. The first-order valence-electron chi connectivity index (χ1n) is 8.95. The average Bonchev–Trinajstić information content (AvgIpc) is 2.64. The highest BCUT2D eigenvalue weighted by Gasteiger charge is 2.31. The van der Waals surface area contributed by atoms with E-state index in [9.17, 15) is 18.3 Å². The number of rotatable bonds is 4. The summed E-state index contributed by atoms with van der Waals surface area (Å²) in [6.45, 7) is 4.37. The third-order valence-electron chi connectivity index (χ3n) is 4.90. The van der Waals surface area contributed by atoms with Crippen molar-refractivity contribution in [2.24, 2.45) is 0 Å². The second-order valence-corrected chi connectivity index (χ2v) is 8.84. The van der Waals surface area contributed by atoms with Crippen LogP contribution in [-0.4, -0.2) is 42.9 Å². The van der Waals surface area contributed by atoms with Crippen molar-refractivity contribution in [3.8, 4) is 5.75 Å². The van der Waals surface area contributed by atoms with Gasteiger partial charge in [0.25, 0.3) is 5.91 Å². The zero-order valence-electron chi connectivity index (χ0n) is 15.5. The molecule has 1 aliphatic heterocycles. The van der Waals surface area contributed by atoms with Gasteiger partial charge in [-0.1, -0.05) is 24.3 Å². The maximum Gasteiger partial charge on any atom is 0.255 e. The van der Waals surface area contributed by atoms with Crippen LogP contribution in [0.5, 0.6) is 5.75 Å². The highest BCUT2D eigenvalue weighted by Crippen LogP contribution is 2.25. The molecule has 0 spiro atoms. The summed E-state index contributed by atoms with van der Waals surface area (Å²) in [7, 11) is -3.55. The Hall–Kier alpha value is -2.38. The summed E-state index contributed by atoms with van der Waals surface area (Å²) in [6.07, 6.45) is 1.06. The number of nitrogens with zero attached hydrogens (tertiary/aromatic N) is 1. The lowest BCUT2D eigenvalue weighted by Gasteiger charge is -2.32. The number of amides is 1. The SMILES string of the molecule is Cc1ccc(C)c(S(=O)(=O)N2CCC(NC(=O)c3ccccc3O)CC2)c1. The zero-order valence-corrected chi connectivity index (χ0v) is 16.3. The highest BCUT2D eigenvalue weighted by atomic mass is 32.2. The van der Waals surface area contributed by atoms with Gasteiger partial charge in [-0.15, -0.1) is 0 Å². The van der Waals surface area contributed by atoms with Gasteiger partial charge in [-0.3, -0.25) is 4.79 Å². The van der Waals surface area contributed by atoms with Crippen LogP contribution in [0.2, 0.25) is 0 Å². The molecule has 1 saturated heterocycles. The molecular weight excluding hydrogens is 364 g/mol. The van der Waals surface area contributed by atoms with Crippen LogP contribution in [0.15, 0.2) is 47.4 Å². The van der Waals surface area contributed by atoms with Crippen LogP contribution in [0.4, 0.5) is 0 Å². The Morgan fingerprint density at radius 2 is 1.78 bits per heavy atom. The molecule has 1 fully saturated rings. The highest BCUT2D eigenvalue weighted by molar-refractivity contribution is 7.89. The number of benzene rings is 2. The monoisotopic (exact) mass is 388 g/mol. The molecule has 0 saturated carbocycles. The van der Waals surface area contributed by atoms with E-state index in [-0.39, 0.29) is 23.3 Å². The van der Waals surface area contributed by atoms with E-state index in [1.165, 1.54) is 10.4 Å². The lowest BCUT2D eigenvalue weighted by atomic mass is 10.1. The number of carbonyl (C=O) groups is 1. The van der Waals surface area contributed by atoms with Crippen molar-refractivity contribution >= 4 is 15.9 Å². The van der Waals surface area contributed by atoms with Crippen molar-refractivity contribution in [3.05, 3.63) is 59.2 Å². The van der Waals surface area contributed by atoms with Gasteiger partial charge in [0.2, 0.25) is 10.0 Å². The molecule has 0 unspecified atom stereocenters. The van der Waals surface area contributed by atoms with E-state index in [1.807, 2.05) is 19.1 Å². The maximum atomic E-state index is 13.0. The number of aromatic hydroxyl groups is 1. The molecular formula is C20H24N2O4S. The fraction of sp³-hybridized carbons (Fsp3) is 0.350. The zero-order chi connectivity index (χ0) is 19.6. The number of piperidine rings is 1. The molecule has 7 heteroatoms. The van der Waals surface area contributed by atoms with E-state index in [0.29, 0.717) is 30.8 Å².